The van der Waals surface area contributed by atoms with Gasteiger partial charge < -0.3 is 4.74 Å². The third-order valence-corrected chi connectivity index (χ3v) is 5.26. The van der Waals surface area contributed by atoms with Crippen LogP contribution in [0.25, 0.3) is 0 Å². The molecule has 138 valence electrons. The minimum absolute atomic E-state index is 0.0713. The van der Waals surface area contributed by atoms with Gasteiger partial charge >= 0.3 is 0 Å². The molecular formula is C22H44O. The van der Waals surface area contributed by atoms with E-state index in [0.29, 0.717) is 11.8 Å². The van der Waals surface area contributed by atoms with Gasteiger partial charge in [0.05, 0.1) is 12.2 Å². The average Bonchev–Trinajstić information content (AvgIpc) is 2.45. The molecule has 0 radical (unpaired) electrons. The fourth-order valence-corrected chi connectivity index (χ4v) is 3.73. The molecule has 0 heterocycles. The lowest BCUT2D eigenvalue weighted by atomic mass is 9.69. The van der Waals surface area contributed by atoms with Gasteiger partial charge in [-0.15, -0.1) is 6.58 Å². The fourth-order valence-electron chi connectivity index (χ4n) is 3.73. The summed E-state index contributed by atoms with van der Waals surface area (Å²) in [6, 6.07) is 0. The molecule has 0 saturated heterocycles. The van der Waals surface area contributed by atoms with E-state index in [-0.39, 0.29) is 11.0 Å². The Hall–Kier alpha value is -0.300. The summed E-state index contributed by atoms with van der Waals surface area (Å²) in [5, 5.41) is 0. The van der Waals surface area contributed by atoms with Crippen molar-refractivity contribution < 1.29 is 4.74 Å². The largest absolute Gasteiger partial charge is 0.375 e. The molecule has 0 aliphatic rings. The first-order valence-electron chi connectivity index (χ1n) is 9.95. The fraction of sp³-hybridized carbons (Fsp3) is 0.909. The van der Waals surface area contributed by atoms with Gasteiger partial charge in [-0.05, 0) is 43.9 Å². The number of ether oxygens (including phenoxy) is 1. The minimum atomic E-state index is -0.0713. The molecule has 0 aromatic rings. The van der Waals surface area contributed by atoms with Crippen LogP contribution in [0.2, 0.25) is 0 Å². The van der Waals surface area contributed by atoms with Gasteiger partial charge in [-0.1, -0.05) is 79.2 Å². The van der Waals surface area contributed by atoms with Crippen molar-refractivity contribution in [2.75, 3.05) is 6.61 Å². The zero-order chi connectivity index (χ0) is 17.9. The van der Waals surface area contributed by atoms with Crippen LogP contribution < -0.4 is 0 Å². The second-order valence-corrected chi connectivity index (χ2v) is 8.79. The van der Waals surface area contributed by atoms with Gasteiger partial charge in [-0.3, -0.25) is 0 Å². The van der Waals surface area contributed by atoms with Gasteiger partial charge in [0.2, 0.25) is 0 Å². The van der Waals surface area contributed by atoms with Gasteiger partial charge in [0.15, 0.2) is 0 Å². The topological polar surface area (TPSA) is 9.23 Å². The number of hydrogen-bond donors (Lipinski definition) is 0. The van der Waals surface area contributed by atoms with Crippen molar-refractivity contribution >= 4 is 0 Å². The Balaban J connectivity index is 4.53. The van der Waals surface area contributed by atoms with E-state index in [1.165, 1.54) is 44.9 Å². The Bertz CT molecular complexity index is 298. The quantitative estimate of drug-likeness (QED) is 0.253. The van der Waals surface area contributed by atoms with Crippen LogP contribution in [0.1, 0.15) is 99.8 Å². The van der Waals surface area contributed by atoms with Crippen LogP contribution in [-0.4, -0.2) is 12.2 Å². The molecule has 0 aliphatic carbocycles. The molecule has 2 atom stereocenters. The summed E-state index contributed by atoms with van der Waals surface area (Å²) >= 11 is 0. The van der Waals surface area contributed by atoms with E-state index in [1.54, 1.807) is 0 Å². The van der Waals surface area contributed by atoms with Gasteiger partial charge in [-0.2, -0.15) is 0 Å². The SMILES string of the molecule is C=CC(CC)COC(C)(C)C(CCCCCCCC)C(C)(C)C. The van der Waals surface area contributed by atoms with Crippen LogP contribution in [0, 0.1) is 17.3 Å². The first kappa shape index (κ1) is 22.7. The number of unbranched alkanes of at least 4 members (excludes halogenated alkanes) is 5. The molecule has 0 amide bonds. The highest BCUT2D eigenvalue weighted by Gasteiger charge is 2.38. The van der Waals surface area contributed by atoms with Gasteiger partial charge in [0.1, 0.15) is 0 Å². The Labute approximate surface area is 147 Å². The van der Waals surface area contributed by atoms with E-state index in [4.69, 9.17) is 4.74 Å². The summed E-state index contributed by atoms with van der Waals surface area (Å²) in [5.41, 5.74) is 0.209. The van der Waals surface area contributed by atoms with Crippen molar-refractivity contribution in [1.82, 2.24) is 0 Å². The summed E-state index contributed by atoms with van der Waals surface area (Å²) in [4.78, 5) is 0. The minimum Gasteiger partial charge on any atom is -0.375 e. The van der Waals surface area contributed by atoms with E-state index in [9.17, 15) is 0 Å². The molecule has 0 fully saturated rings. The monoisotopic (exact) mass is 324 g/mol. The molecule has 23 heavy (non-hydrogen) atoms. The second kappa shape index (κ2) is 11.3. The predicted octanol–water partition coefficient (Wildman–Crippen LogP) is 7.41. The highest BCUT2D eigenvalue weighted by Crippen LogP contribution is 2.40. The summed E-state index contributed by atoms with van der Waals surface area (Å²) in [7, 11) is 0. The van der Waals surface area contributed by atoms with Crippen LogP contribution in [0.4, 0.5) is 0 Å². The molecule has 1 nitrogen and oxygen atoms in total. The summed E-state index contributed by atoms with van der Waals surface area (Å²) < 4.78 is 6.39. The lowest BCUT2D eigenvalue weighted by Crippen LogP contribution is -2.43. The van der Waals surface area contributed by atoms with E-state index in [1.807, 2.05) is 6.08 Å². The standard InChI is InChI=1S/C22H44O/c1-9-12-13-14-15-16-17-20(21(4,5)6)22(7,8)23-18-19(10-2)11-3/h10,19-20H,2,9,11-18H2,1,3-8H3. The maximum Gasteiger partial charge on any atom is 0.0659 e. The average molecular weight is 325 g/mol. The summed E-state index contributed by atoms with van der Waals surface area (Å²) in [6.07, 6.45) is 12.6. The maximum atomic E-state index is 6.39. The molecule has 0 spiro atoms. The molecular weight excluding hydrogens is 280 g/mol. The second-order valence-electron chi connectivity index (χ2n) is 8.79. The van der Waals surface area contributed by atoms with Crippen molar-refractivity contribution in [1.29, 1.82) is 0 Å². The van der Waals surface area contributed by atoms with Gasteiger partial charge in [-0.25, -0.2) is 0 Å². The van der Waals surface area contributed by atoms with Crippen molar-refractivity contribution in [3.63, 3.8) is 0 Å². The van der Waals surface area contributed by atoms with Crippen molar-refractivity contribution in [3.05, 3.63) is 12.7 Å². The molecule has 0 rings (SSSR count). The summed E-state index contributed by atoms with van der Waals surface area (Å²) in [5.74, 6) is 1.06. The normalized spacial score (nSPS) is 15.4. The first-order valence-corrected chi connectivity index (χ1v) is 9.95. The molecule has 0 bridgehead atoms. The predicted molar refractivity (Wildman–Crippen MR) is 105 cm³/mol. The maximum absolute atomic E-state index is 6.39. The van der Waals surface area contributed by atoms with E-state index >= 15 is 0 Å². The lowest BCUT2D eigenvalue weighted by molar-refractivity contribution is -0.102. The van der Waals surface area contributed by atoms with Crippen molar-refractivity contribution in [2.24, 2.45) is 17.3 Å². The number of rotatable bonds is 13. The molecule has 1 heteroatoms. The number of hydrogen-bond acceptors (Lipinski definition) is 1. The van der Waals surface area contributed by atoms with Crippen molar-refractivity contribution in [2.45, 2.75) is 105 Å². The zero-order valence-electron chi connectivity index (χ0n) is 17.2. The molecule has 0 saturated carbocycles. The van der Waals surface area contributed by atoms with Crippen LogP contribution >= 0.6 is 0 Å². The smallest absolute Gasteiger partial charge is 0.0659 e. The summed E-state index contributed by atoms with van der Waals surface area (Å²) in [6.45, 7) is 20.9. The molecule has 0 aliphatic heterocycles. The van der Waals surface area contributed by atoms with Crippen LogP contribution in [0.5, 0.6) is 0 Å². The van der Waals surface area contributed by atoms with E-state index in [2.05, 4.69) is 55.0 Å². The van der Waals surface area contributed by atoms with Crippen LogP contribution in [0.15, 0.2) is 12.7 Å². The Morgan fingerprint density at radius 2 is 1.48 bits per heavy atom. The van der Waals surface area contributed by atoms with Gasteiger partial charge in [0, 0.05) is 0 Å². The van der Waals surface area contributed by atoms with Crippen LogP contribution in [-0.2, 0) is 4.74 Å². The molecule has 0 aromatic carbocycles. The third-order valence-electron chi connectivity index (χ3n) is 5.26. The van der Waals surface area contributed by atoms with Crippen LogP contribution in [0.3, 0.4) is 0 Å². The highest BCUT2D eigenvalue weighted by molar-refractivity contribution is 4.89. The zero-order valence-corrected chi connectivity index (χ0v) is 17.2. The Morgan fingerprint density at radius 3 is 1.96 bits per heavy atom. The third kappa shape index (κ3) is 9.55. The Morgan fingerprint density at radius 1 is 0.913 bits per heavy atom. The van der Waals surface area contributed by atoms with Crippen molar-refractivity contribution in [3.8, 4) is 0 Å². The van der Waals surface area contributed by atoms with E-state index in [0.717, 1.165) is 13.0 Å². The molecule has 0 aromatic heterocycles. The van der Waals surface area contributed by atoms with Gasteiger partial charge in [0.25, 0.3) is 0 Å². The first-order chi connectivity index (χ1) is 10.7. The van der Waals surface area contributed by atoms with E-state index < -0.39 is 0 Å². The lowest BCUT2D eigenvalue weighted by Gasteiger charge is -2.43. The molecule has 2 unspecified atom stereocenters. The molecule has 0 N–H and O–H groups in total. The Kier molecular flexibility index (Phi) is 11.1. The highest BCUT2D eigenvalue weighted by atomic mass is 16.5.